The molecule has 1 saturated carbocycles. The molecule has 2 aliphatic carbocycles. The van der Waals surface area contributed by atoms with Gasteiger partial charge in [0.2, 0.25) is 0 Å². The zero-order valence-electron chi connectivity index (χ0n) is 11.3. The van der Waals surface area contributed by atoms with Crippen LogP contribution in [-0.4, -0.2) is 22.4 Å². The molecule has 0 bridgehead atoms. The third-order valence-electron chi connectivity index (χ3n) is 5.32. The molecular weight excluding hydrogens is 212 g/mol. The van der Waals surface area contributed by atoms with Gasteiger partial charge >= 0.3 is 0 Å². The molecule has 0 amide bonds. The number of allylic oxidation sites excluding steroid dienone is 1. The van der Waals surface area contributed by atoms with Crippen LogP contribution >= 0.6 is 0 Å². The summed E-state index contributed by atoms with van der Waals surface area (Å²) in [6, 6.07) is 0. The molecule has 0 radical (unpaired) electrons. The standard InChI is InChI=1S/C15H24O2/c1-14(2)15(3,16)13-11-7-5-4-6-10(11)8-9-12(13)17-14/h10,12,16H,4-9H2,1-3H3. The third-order valence-corrected chi connectivity index (χ3v) is 5.32. The fourth-order valence-corrected chi connectivity index (χ4v) is 4.00. The third kappa shape index (κ3) is 1.53. The summed E-state index contributed by atoms with van der Waals surface area (Å²) in [5.41, 5.74) is 1.58. The van der Waals surface area contributed by atoms with Crippen LogP contribution in [0.5, 0.6) is 0 Å². The summed E-state index contributed by atoms with van der Waals surface area (Å²) in [6.07, 6.45) is 7.70. The minimum Gasteiger partial charge on any atom is -0.383 e. The second kappa shape index (κ2) is 3.58. The van der Waals surface area contributed by atoms with E-state index in [1.54, 1.807) is 5.57 Å². The van der Waals surface area contributed by atoms with Crippen molar-refractivity contribution < 1.29 is 9.84 Å². The molecule has 0 aromatic carbocycles. The topological polar surface area (TPSA) is 29.5 Å². The van der Waals surface area contributed by atoms with E-state index in [2.05, 4.69) is 0 Å². The van der Waals surface area contributed by atoms with Crippen molar-refractivity contribution in [1.82, 2.24) is 0 Å². The van der Waals surface area contributed by atoms with Crippen molar-refractivity contribution in [3.63, 3.8) is 0 Å². The highest BCUT2D eigenvalue weighted by Gasteiger charge is 2.56. The molecule has 17 heavy (non-hydrogen) atoms. The molecule has 0 aromatic rings. The quantitative estimate of drug-likeness (QED) is 0.654. The number of ether oxygens (including phenoxy) is 1. The van der Waals surface area contributed by atoms with Gasteiger partial charge < -0.3 is 9.84 Å². The van der Waals surface area contributed by atoms with E-state index in [-0.39, 0.29) is 6.10 Å². The van der Waals surface area contributed by atoms with E-state index in [0.29, 0.717) is 0 Å². The summed E-state index contributed by atoms with van der Waals surface area (Å²) in [5.74, 6) is 0.735. The lowest BCUT2D eigenvalue weighted by Crippen LogP contribution is -2.45. The SMILES string of the molecule is CC1(C)OC2CCC3CCCCC3=C2C1(C)O. The maximum Gasteiger partial charge on any atom is 0.114 e. The summed E-state index contributed by atoms with van der Waals surface area (Å²) < 4.78 is 6.11. The summed E-state index contributed by atoms with van der Waals surface area (Å²) in [4.78, 5) is 0. The maximum atomic E-state index is 10.9. The average Bonchev–Trinajstić information content (AvgIpc) is 2.45. The number of hydrogen-bond donors (Lipinski definition) is 1. The number of fused-ring (bicyclic) bond motifs is 2. The van der Waals surface area contributed by atoms with Gasteiger partial charge in [0.1, 0.15) is 5.60 Å². The highest BCUT2D eigenvalue weighted by molar-refractivity contribution is 5.38. The smallest absolute Gasteiger partial charge is 0.114 e. The molecule has 1 heterocycles. The van der Waals surface area contributed by atoms with Crippen LogP contribution < -0.4 is 0 Å². The minimum absolute atomic E-state index is 0.185. The fourth-order valence-electron chi connectivity index (χ4n) is 4.00. The van der Waals surface area contributed by atoms with E-state index in [0.717, 1.165) is 12.3 Å². The van der Waals surface area contributed by atoms with Crippen LogP contribution in [0.15, 0.2) is 11.1 Å². The first-order valence-corrected chi connectivity index (χ1v) is 7.07. The molecule has 1 N–H and O–H groups in total. The Morgan fingerprint density at radius 2 is 1.88 bits per heavy atom. The van der Waals surface area contributed by atoms with Gasteiger partial charge in [-0.25, -0.2) is 0 Å². The Bertz CT molecular complexity index is 365. The Hall–Kier alpha value is -0.340. The predicted octanol–water partition coefficient (Wildman–Crippen LogP) is 3.20. The van der Waals surface area contributed by atoms with E-state index < -0.39 is 11.2 Å². The lowest BCUT2D eigenvalue weighted by Gasteiger charge is -2.37. The van der Waals surface area contributed by atoms with Crippen LogP contribution in [0.2, 0.25) is 0 Å². The Balaban J connectivity index is 2.08. The lowest BCUT2D eigenvalue weighted by molar-refractivity contribution is -0.0985. The number of aliphatic hydroxyl groups is 1. The van der Waals surface area contributed by atoms with Crippen molar-refractivity contribution in [3.05, 3.63) is 11.1 Å². The van der Waals surface area contributed by atoms with E-state index in [4.69, 9.17) is 4.74 Å². The molecule has 0 aromatic heterocycles. The molecule has 0 spiro atoms. The van der Waals surface area contributed by atoms with Gasteiger partial charge in [-0.3, -0.25) is 0 Å². The average molecular weight is 236 g/mol. The molecule has 3 atom stereocenters. The molecular formula is C15H24O2. The molecule has 3 unspecified atom stereocenters. The molecule has 1 saturated heterocycles. The second-order valence-electron chi connectivity index (χ2n) is 6.65. The molecule has 96 valence electrons. The van der Waals surface area contributed by atoms with Crippen LogP contribution in [0.25, 0.3) is 0 Å². The van der Waals surface area contributed by atoms with Crippen molar-refractivity contribution in [2.24, 2.45) is 5.92 Å². The van der Waals surface area contributed by atoms with Crippen molar-refractivity contribution >= 4 is 0 Å². The van der Waals surface area contributed by atoms with Crippen LogP contribution in [0.3, 0.4) is 0 Å². The van der Waals surface area contributed by atoms with Gasteiger partial charge in [0.25, 0.3) is 0 Å². The summed E-state index contributed by atoms with van der Waals surface area (Å²) in [7, 11) is 0. The highest BCUT2D eigenvalue weighted by Crippen LogP contribution is 2.52. The van der Waals surface area contributed by atoms with Gasteiger partial charge in [-0.15, -0.1) is 0 Å². The normalized spacial score (nSPS) is 44.5. The van der Waals surface area contributed by atoms with Gasteiger partial charge in [0.15, 0.2) is 0 Å². The van der Waals surface area contributed by atoms with Crippen molar-refractivity contribution in [3.8, 4) is 0 Å². The monoisotopic (exact) mass is 236 g/mol. The van der Waals surface area contributed by atoms with Crippen LogP contribution in [0, 0.1) is 5.92 Å². The van der Waals surface area contributed by atoms with Crippen molar-refractivity contribution in [1.29, 1.82) is 0 Å². The van der Waals surface area contributed by atoms with E-state index in [1.807, 2.05) is 20.8 Å². The Kier molecular flexibility index (Phi) is 2.47. The van der Waals surface area contributed by atoms with Gasteiger partial charge in [-0.1, -0.05) is 12.0 Å². The van der Waals surface area contributed by atoms with Crippen molar-refractivity contribution in [2.75, 3.05) is 0 Å². The van der Waals surface area contributed by atoms with E-state index in [9.17, 15) is 5.11 Å². The van der Waals surface area contributed by atoms with Crippen molar-refractivity contribution in [2.45, 2.75) is 76.6 Å². The van der Waals surface area contributed by atoms with E-state index >= 15 is 0 Å². The predicted molar refractivity (Wildman–Crippen MR) is 67.8 cm³/mol. The summed E-state index contributed by atoms with van der Waals surface area (Å²) in [6.45, 7) is 6.00. The van der Waals surface area contributed by atoms with Gasteiger partial charge in [-0.05, 0) is 64.4 Å². The lowest BCUT2D eigenvalue weighted by atomic mass is 9.68. The molecule has 3 rings (SSSR count). The zero-order chi connectivity index (χ0) is 12.3. The highest BCUT2D eigenvalue weighted by atomic mass is 16.5. The molecule has 3 aliphatic rings. The fraction of sp³-hybridized carbons (Fsp3) is 0.867. The van der Waals surface area contributed by atoms with Crippen LogP contribution in [-0.2, 0) is 4.74 Å². The zero-order valence-corrected chi connectivity index (χ0v) is 11.3. The first kappa shape index (κ1) is 11.7. The summed E-state index contributed by atoms with van der Waals surface area (Å²) >= 11 is 0. The van der Waals surface area contributed by atoms with Gasteiger partial charge in [0, 0.05) is 0 Å². The molecule has 2 nitrogen and oxygen atoms in total. The minimum atomic E-state index is -0.775. The summed E-state index contributed by atoms with van der Waals surface area (Å²) in [5, 5.41) is 10.9. The molecule has 2 fully saturated rings. The Labute approximate surface area is 104 Å². The number of rotatable bonds is 0. The Morgan fingerprint density at radius 3 is 2.65 bits per heavy atom. The van der Waals surface area contributed by atoms with Crippen LogP contribution in [0.1, 0.15) is 59.3 Å². The Morgan fingerprint density at radius 1 is 1.12 bits per heavy atom. The largest absolute Gasteiger partial charge is 0.383 e. The van der Waals surface area contributed by atoms with Crippen LogP contribution in [0.4, 0.5) is 0 Å². The number of hydrogen-bond acceptors (Lipinski definition) is 2. The second-order valence-corrected chi connectivity index (χ2v) is 6.65. The first-order chi connectivity index (χ1) is 7.93. The van der Waals surface area contributed by atoms with Gasteiger partial charge in [0.05, 0.1) is 11.7 Å². The maximum absolute atomic E-state index is 10.9. The molecule has 2 heteroatoms. The molecule has 1 aliphatic heterocycles. The van der Waals surface area contributed by atoms with Gasteiger partial charge in [-0.2, -0.15) is 0 Å². The van der Waals surface area contributed by atoms with E-state index in [1.165, 1.54) is 37.7 Å². The first-order valence-electron chi connectivity index (χ1n) is 7.07.